The second-order valence-electron chi connectivity index (χ2n) is 3.88. The van der Waals surface area contributed by atoms with Crippen LogP contribution in [0.3, 0.4) is 0 Å². The first-order chi connectivity index (χ1) is 9.42. The van der Waals surface area contributed by atoms with Crippen molar-refractivity contribution < 1.29 is 18.3 Å². The number of carbonyl (C=O) groups is 1. The Hall–Kier alpha value is -1.99. The number of sulfone groups is 1. The number of nitrogens with zero attached hydrogens (tertiary/aromatic N) is 2. The van der Waals surface area contributed by atoms with Crippen LogP contribution in [0.15, 0.2) is 41.7 Å². The lowest BCUT2D eigenvalue weighted by atomic mass is 10.2. The number of carboxylic acid groups (broad SMARTS) is 1. The fourth-order valence-corrected chi connectivity index (χ4v) is 3.49. The highest BCUT2D eigenvalue weighted by atomic mass is 35.5. The Kier molecular flexibility index (Phi) is 4.01. The SMILES string of the molecule is O=C(O)c1cncnc1CS(=O)(=O)c1ccccc1Cl. The molecule has 104 valence electrons. The van der Waals surface area contributed by atoms with Gasteiger partial charge >= 0.3 is 5.97 Å². The van der Waals surface area contributed by atoms with Crippen molar-refractivity contribution in [3.05, 3.63) is 53.1 Å². The Morgan fingerprint density at radius 3 is 2.65 bits per heavy atom. The molecule has 8 heteroatoms. The van der Waals surface area contributed by atoms with Crippen LogP contribution in [0.5, 0.6) is 0 Å². The smallest absolute Gasteiger partial charge is 0.339 e. The maximum Gasteiger partial charge on any atom is 0.339 e. The predicted octanol–water partition coefficient (Wildman–Crippen LogP) is 1.80. The highest BCUT2D eigenvalue weighted by Gasteiger charge is 2.22. The van der Waals surface area contributed by atoms with Crippen molar-refractivity contribution in [1.29, 1.82) is 0 Å². The van der Waals surface area contributed by atoms with Crippen LogP contribution in [0, 0.1) is 0 Å². The number of aromatic nitrogens is 2. The average Bonchev–Trinajstić information content (AvgIpc) is 2.39. The predicted molar refractivity (Wildman–Crippen MR) is 71.3 cm³/mol. The second kappa shape index (κ2) is 5.56. The molecule has 1 N–H and O–H groups in total. The first-order valence-electron chi connectivity index (χ1n) is 5.41. The van der Waals surface area contributed by atoms with Gasteiger partial charge in [-0.3, -0.25) is 0 Å². The minimum atomic E-state index is -3.79. The third-order valence-electron chi connectivity index (χ3n) is 2.52. The topological polar surface area (TPSA) is 97.2 Å². The fourth-order valence-electron chi connectivity index (χ4n) is 1.60. The number of aromatic carboxylic acids is 1. The zero-order valence-corrected chi connectivity index (χ0v) is 11.6. The van der Waals surface area contributed by atoms with Gasteiger partial charge in [-0.25, -0.2) is 23.2 Å². The number of carboxylic acids is 1. The summed E-state index contributed by atoms with van der Waals surface area (Å²) in [6.07, 6.45) is 2.16. The zero-order chi connectivity index (χ0) is 14.8. The van der Waals surface area contributed by atoms with Gasteiger partial charge in [0, 0.05) is 6.20 Å². The summed E-state index contributed by atoms with van der Waals surface area (Å²) < 4.78 is 24.5. The van der Waals surface area contributed by atoms with Gasteiger partial charge < -0.3 is 5.11 Å². The summed E-state index contributed by atoms with van der Waals surface area (Å²) in [5.74, 6) is -1.84. The van der Waals surface area contributed by atoms with Crippen LogP contribution < -0.4 is 0 Å². The quantitative estimate of drug-likeness (QED) is 0.924. The van der Waals surface area contributed by atoms with Crippen molar-refractivity contribution in [1.82, 2.24) is 9.97 Å². The molecule has 1 heterocycles. The highest BCUT2D eigenvalue weighted by molar-refractivity contribution is 7.90. The number of rotatable bonds is 4. The Morgan fingerprint density at radius 1 is 1.30 bits per heavy atom. The highest BCUT2D eigenvalue weighted by Crippen LogP contribution is 2.24. The molecule has 0 amide bonds. The Morgan fingerprint density at radius 2 is 2.00 bits per heavy atom. The van der Waals surface area contributed by atoms with E-state index in [2.05, 4.69) is 9.97 Å². The Labute approximate surface area is 120 Å². The number of hydrogen-bond donors (Lipinski definition) is 1. The molecule has 0 atom stereocenters. The van der Waals surface area contributed by atoms with E-state index in [1.165, 1.54) is 18.2 Å². The van der Waals surface area contributed by atoms with Crippen LogP contribution >= 0.6 is 11.6 Å². The molecule has 1 aromatic heterocycles. The maximum absolute atomic E-state index is 12.3. The molecule has 0 aliphatic rings. The Bertz CT molecular complexity index is 762. The molecule has 0 fully saturated rings. The van der Waals surface area contributed by atoms with Gasteiger partial charge in [0.25, 0.3) is 0 Å². The van der Waals surface area contributed by atoms with Gasteiger partial charge in [-0.2, -0.15) is 0 Å². The lowest BCUT2D eigenvalue weighted by Crippen LogP contribution is -2.12. The Balaban J connectivity index is 2.45. The van der Waals surface area contributed by atoms with E-state index in [0.717, 1.165) is 12.5 Å². The molecule has 2 rings (SSSR count). The van der Waals surface area contributed by atoms with Gasteiger partial charge in [0.15, 0.2) is 9.84 Å². The van der Waals surface area contributed by atoms with E-state index in [4.69, 9.17) is 16.7 Å². The first kappa shape index (κ1) is 14.4. The summed E-state index contributed by atoms with van der Waals surface area (Å²) in [5.41, 5.74) is -0.324. The van der Waals surface area contributed by atoms with Gasteiger partial charge in [0.05, 0.1) is 21.4 Å². The third kappa shape index (κ3) is 2.94. The monoisotopic (exact) mass is 312 g/mol. The molecule has 0 saturated carbocycles. The number of hydrogen-bond acceptors (Lipinski definition) is 5. The molecule has 0 radical (unpaired) electrons. The van der Waals surface area contributed by atoms with E-state index >= 15 is 0 Å². The molecular weight excluding hydrogens is 304 g/mol. The lowest BCUT2D eigenvalue weighted by molar-refractivity contribution is 0.0695. The molecule has 0 unspecified atom stereocenters. The van der Waals surface area contributed by atoms with Gasteiger partial charge in [0.1, 0.15) is 11.9 Å². The fraction of sp³-hybridized carbons (Fsp3) is 0.0833. The van der Waals surface area contributed by atoms with Crippen LogP contribution in [-0.2, 0) is 15.6 Å². The second-order valence-corrected chi connectivity index (χ2v) is 6.24. The summed E-state index contributed by atoms with van der Waals surface area (Å²) >= 11 is 5.85. The van der Waals surface area contributed by atoms with Crippen LogP contribution in [-0.4, -0.2) is 29.5 Å². The van der Waals surface area contributed by atoms with E-state index in [1.54, 1.807) is 6.07 Å². The van der Waals surface area contributed by atoms with Crippen LogP contribution in [0.2, 0.25) is 5.02 Å². The third-order valence-corrected chi connectivity index (χ3v) is 4.64. The molecule has 20 heavy (non-hydrogen) atoms. The van der Waals surface area contributed by atoms with Crippen molar-refractivity contribution in [2.75, 3.05) is 0 Å². The van der Waals surface area contributed by atoms with E-state index in [1.807, 2.05) is 0 Å². The minimum Gasteiger partial charge on any atom is -0.478 e. The molecular formula is C12H9ClN2O4S. The van der Waals surface area contributed by atoms with Crippen molar-refractivity contribution >= 4 is 27.4 Å². The van der Waals surface area contributed by atoms with Crippen molar-refractivity contribution in [3.8, 4) is 0 Å². The molecule has 0 spiro atoms. The average molecular weight is 313 g/mol. The number of benzene rings is 1. The molecule has 0 bridgehead atoms. The van der Waals surface area contributed by atoms with E-state index in [0.29, 0.717) is 0 Å². The molecule has 0 aliphatic carbocycles. The lowest BCUT2D eigenvalue weighted by Gasteiger charge is -2.07. The summed E-state index contributed by atoms with van der Waals surface area (Å²) in [7, 11) is -3.79. The van der Waals surface area contributed by atoms with E-state index in [-0.39, 0.29) is 21.2 Å². The molecule has 2 aromatic rings. The van der Waals surface area contributed by atoms with Crippen LogP contribution in [0.1, 0.15) is 16.1 Å². The summed E-state index contributed by atoms with van der Waals surface area (Å²) in [6.45, 7) is 0. The van der Waals surface area contributed by atoms with Crippen molar-refractivity contribution in [2.45, 2.75) is 10.6 Å². The maximum atomic E-state index is 12.3. The summed E-state index contributed by atoms with van der Waals surface area (Å²) in [4.78, 5) is 18.3. The standard InChI is InChI=1S/C12H9ClN2O4S/c13-9-3-1-2-4-11(9)20(18,19)6-10-8(12(16)17)5-14-7-15-10/h1-5,7H,6H2,(H,16,17). The van der Waals surface area contributed by atoms with E-state index < -0.39 is 21.6 Å². The number of halogens is 1. The van der Waals surface area contributed by atoms with Gasteiger partial charge in [0.2, 0.25) is 0 Å². The normalized spacial score (nSPS) is 11.2. The summed E-state index contributed by atoms with van der Waals surface area (Å²) in [5, 5.41) is 9.07. The molecule has 0 aliphatic heterocycles. The summed E-state index contributed by atoms with van der Waals surface area (Å²) in [6, 6.07) is 5.96. The van der Waals surface area contributed by atoms with Gasteiger partial charge in [-0.05, 0) is 12.1 Å². The van der Waals surface area contributed by atoms with Gasteiger partial charge in [-0.1, -0.05) is 23.7 Å². The molecule has 6 nitrogen and oxygen atoms in total. The zero-order valence-electron chi connectivity index (χ0n) is 10.0. The first-order valence-corrected chi connectivity index (χ1v) is 7.44. The van der Waals surface area contributed by atoms with Crippen molar-refractivity contribution in [3.63, 3.8) is 0 Å². The van der Waals surface area contributed by atoms with Crippen LogP contribution in [0.4, 0.5) is 0 Å². The van der Waals surface area contributed by atoms with Crippen molar-refractivity contribution in [2.24, 2.45) is 0 Å². The minimum absolute atomic E-state index is 0.0587. The molecule has 1 aromatic carbocycles. The van der Waals surface area contributed by atoms with E-state index in [9.17, 15) is 13.2 Å². The van der Waals surface area contributed by atoms with Crippen LogP contribution in [0.25, 0.3) is 0 Å². The molecule has 0 saturated heterocycles. The van der Waals surface area contributed by atoms with Gasteiger partial charge in [-0.15, -0.1) is 0 Å². The largest absolute Gasteiger partial charge is 0.478 e.